The number of ether oxygens (including phenoxy) is 1. The quantitative estimate of drug-likeness (QED) is 0.0235. The van der Waals surface area contributed by atoms with Gasteiger partial charge in [-0.3, -0.25) is 52.7 Å². The smallest absolute Gasteiger partial charge is 0.329 e. The summed E-state index contributed by atoms with van der Waals surface area (Å²) < 4.78 is 5.69. The Labute approximate surface area is 513 Å². The van der Waals surface area contributed by atoms with E-state index in [4.69, 9.17) is 16.2 Å². The van der Waals surface area contributed by atoms with Crippen LogP contribution in [0.1, 0.15) is 126 Å². The number of aliphatic hydroxyl groups excluding tert-OH is 2. The lowest BCUT2D eigenvalue weighted by molar-refractivity contribution is -0.157. The lowest BCUT2D eigenvalue weighted by Crippen LogP contribution is -2.63. The Bertz CT molecular complexity index is 2550. The third-order valence-corrected chi connectivity index (χ3v) is 15.7. The Morgan fingerprint density at radius 2 is 1.07 bits per heavy atom. The lowest BCUT2D eigenvalue weighted by Gasteiger charge is -2.31. The van der Waals surface area contributed by atoms with E-state index in [0.717, 1.165) is 5.56 Å². The molecule has 30 nitrogen and oxygen atoms in total. The van der Waals surface area contributed by atoms with Crippen LogP contribution < -0.4 is 75.3 Å². The molecule has 1 aromatic carbocycles. The number of hydrogen-bond donors (Lipinski definition) is 16. The molecule has 88 heavy (non-hydrogen) atoms. The number of aliphatic hydroxyl groups is 2. The van der Waals surface area contributed by atoms with E-state index in [1.54, 1.807) is 62.4 Å². The molecule has 18 N–H and O–H groups in total. The van der Waals surface area contributed by atoms with Crippen molar-refractivity contribution in [2.75, 3.05) is 26.8 Å². The summed E-state index contributed by atoms with van der Waals surface area (Å²) in [6, 6.07) is -7.34. The van der Waals surface area contributed by atoms with E-state index < -0.39 is 199 Å². The summed E-state index contributed by atoms with van der Waals surface area (Å²) in [4.78, 5) is 176. The molecule has 0 unspecified atom stereocenters. The molecule has 0 spiro atoms. The van der Waals surface area contributed by atoms with E-state index in [1.165, 1.54) is 13.8 Å². The van der Waals surface area contributed by atoms with Crippen LogP contribution in [-0.4, -0.2) is 187 Å². The summed E-state index contributed by atoms with van der Waals surface area (Å²) in [5, 5.41) is 51.5. The number of urea groups is 1. The number of nitrogens with two attached hydrogens (primary N) is 2. The number of nitrogens with one attached hydrogen (secondary N) is 12. The number of carbonyl (C=O) groups is 13. The van der Waals surface area contributed by atoms with Crippen molar-refractivity contribution < 1.29 is 77.3 Å². The van der Waals surface area contributed by atoms with Crippen LogP contribution in [0.5, 0.6) is 0 Å². The summed E-state index contributed by atoms with van der Waals surface area (Å²) in [6.07, 6.45) is -0.675. The maximum Gasteiger partial charge on any atom is 0.329 e. The molecule has 1 saturated heterocycles. The molecule has 0 saturated carbocycles. The van der Waals surface area contributed by atoms with E-state index >= 15 is 0 Å². The largest absolute Gasteiger partial charge is 0.458 e. The molecule has 16 atom stereocenters. The monoisotopic (exact) mass is 1240 g/mol. The molecule has 494 valence electrons. The third kappa shape index (κ3) is 24.3. The normalized spacial score (nSPS) is 21.0. The molecule has 1 aliphatic rings. The van der Waals surface area contributed by atoms with Crippen molar-refractivity contribution in [3.63, 3.8) is 0 Å². The van der Waals surface area contributed by atoms with Gasteiger partial charge in [0.25, 0.3) is 0 Å². The minimum Gasteiger partial charge on any atom is -0.458 e. The van der Waals surface area contributed by atoms with Crippen LogP contribution in [0.2, 0.25) is 0 Å². The minimum absolute atomic E-state index is 0.0281. The van der Waals surface area contributed by atoms with Gasteiger partial charge in [-0.25, -0.2) is 9.59 Å². The molecule has 1 heterocycles. The van der Waals surface area contributed by atoms with Crippen LogP contribution in [-0.2, 0) is 68.7 Å². The highest BCUT2D eigenvalue weighted by atomic mass is 16.5. The van der Waals surface area contributed by atoms with Crippen molar-refractivity contribution in [3.8, 4) is 0 Å². The number of amides is 13. The second kappa shape index (κ2) is 38.3. The van der Waals surface area contributed by atoms with E-state index in [9.17, 15) is 72.5 Å². The number of carbonyl (C=O) groups excluding carboxylic acids is 13. The topological polar surface area (TPSA) is 468 Å². The van der Waals surface area contributed by atoms with Crippen molar-refractivity contribution in [1.82, 2.24) is 63.8 Å². The molecule has 2 rings (SSSR count). The van der Waals surface area contributed by atoms with Gasteiger partial charge < -0.3 is 90.2 Å². The lowest BCUT2D eigenvalue weighted by atomic mass is 9.94. The fourth-order valence-corrected chi connectivity index (χ4v) is 9.12. The van der Waals surface area contributed by atoms with Crippen molar-refractivity contribution in [1.29, 1.82) is 0 Å². The van der Waals surface area contributed by atoms with E-state index in [1.807, 2.05) is 30.3 Å². The highest BCUT2D eigenvalue weighted by Gasteiger charge is 2.41. The van der Waals surface area contributed by atoms with Gasteiger partial charge >= 0.3 is 12.0 Å². The van der Waals surface area contributed by atoms with Gasteiger partial charge in [-0.15, -0.1) is 0 Å². The molecule has 13 amide bonds. The Balaban J connectivity index is 2.40. The number of rotatable bonds is 34. The fraction of sp³-hybridized carbons (Fsp3) is 0.672. The second-order valence-corrected chi connectivity index (χ2v) is 22.4. The summed E-state index contributed by atoms with van der Waals surface area (Å²) in [6.45, 7) is 14.0. The van der Waals surface area contributed by atoms with Crippen LogP contribution in [0.25, 0.3) is 0 Å². The maximum atomic E-state index is 14.4. The number of primary amides is 2. The molecule has 0 bridgehead atoms. The third-order valence-electron chi connectivity index (χ3n) is 15.7. The first-order valence-corrected chi connectivity index (χ1v) is 30.0. The van der Waals surface area contributed by atoms with Gasteiger partial charge in [-0.1, -0.05) is 111 Å². The number of cyclic esters (lactones) is 1. The van der Waals surface area contributed by atoms with Gasteiger partial charge in [-0.2, -0.15) is 0 Å². The molecule has 0 aliphatic carbocycles. The van der Waals surface area contributed by atoms with E-state index in [2.05, 4.69) is 63.8 Å². The van der Waals surface area contributed by atoms with Crippen LogP contribution in [0.15, 0.2) is 30.3 Å². The maximum absolute atomic E-state index is 14.4. The number of benzene rings is 1. The molecule has 1 aromatic rings. The van der Waals surface area contributed by atoms with E-state index in [0.29, 0.717) is 19.3 Å². The molecule has 1 aliphatic heterocycles. The van der Waals surface area contributed by atoms with E-state index in [-0.39, 0.29) is 32.2 Å². The Morgan fingerprint density at radius 1 is 0.591 bits per heavy atom. The SMILES string of the molecule is CC[C@H](C)[C@H](NC(=O)[C@@H](Cc1ccccc1)NC)C(=O)N[C@@H](CO)C(=O)N[C@H](CCC(N)=O)C(=O)N[C@@H](C(=O)N[C@H](C(=O)N[C@@H](CO)C(=O)N[C@H]1C(=O)N[C@@H](C)C(=O)N[C@@H](CCCNC(N)=O)C(=O)N[C@@H]([C@@H](C)CC)C(=O)O[C@H]1C)[C@@H](C)CC)[C@@H](C)CC. The summed E-state index contributed by atoms with van der Waals surface area (Å²) >= 11 is 0. The first-order chi connectivity index (χ1) is 41.5. The van der Waals surface area contributed by atoms with Crippen LogP contribution >= 0.6 is 0 Å². The molecule has 30 heteroatoms. The highest BCUT2D eigenvalue weighted by molar-refractivity contribution is 5.99. The molecular formula is C58H96N14O16. The van der Waals surface area contributed by atoms with Crippen LogP contribution in [0.4, 0.5) is 4.79 Å². The van der Waals surface area contributed by atoms with Gasteiger partial charge in [-0.05, 0) is 75.8 Å². The molecule has 1 fully saturated rings. The van der Waals surface area contributed by atoms with Crippen molar-refractivity contribution >= 4 is 77.0 Å². The van der Waals surface area contributed by atoms with Gasteiger partial charge in [0.2, 0.25) is 65.0 Å². The number of esters is 1. The van der Waals surface area contributed by atoms with Crippen LogP contribution in [0.3, 0.4) is 0 Å². The first-order valence-electron chi connectivity index (χ1n) is 30.0. The second-order valence-electron chi connectivity index (χ2n) is 22.4. The highest BCUT2D eigenvalue weighted by Crippen LogP contribution is 2.17. The number of likely N-dealkylation sites (N-methyl/N-ethyl adjacent to an activating group) is 1. The van der Waals surface area contributed by atoms with Gasteiger partial charge in [0.05, 0.1) is 19.3 Å². The zero-order valence-electron chi connectivity index (χ0n) is 52.4. The summed E-state index contributed by atoms with van der Waals surface area (Å²) in [5.74, 6) is -13.4. The average Bonchev–Trinajstić information content (AvgIpc) is 3.12. The minimum atomic E-state index is -1.84. The van der Waals surface area contributed by atoms with Gasteiger partial charge in [0, 0.05) is 13.0 Å². The predicted octanol–water partition coefficient (Wildman–Crippen LogP) is -3.49. The zero-order chi connectivity index (χ0) is 66.5. The Morgan fingerprint density at radius 3 is 1.55 bits per heavy atom. The Kier molecular flexibility index (Phi) is 33.1. The fourth-order valence-electron chi connectivity index (χ4n) is 9.12. The molecule has 0 aromatic heterocycles. The number of hydrogen-bond acceptors (Lipinski definition) is 17. The van der Waals surface area contributed by atoms with Crippen LogP contribution in [0, 0.1) is 23.7 Å². The zero-order valence-corrected chi connectivity index (χ0v) is 52.4. The standard InChI is InChI=1S/C58H96N14O16/c1-12-29(5)42(69-50(79)38(61-11)26-35-20-17-16-18-21-35)53(82)66-39(27-73)51(80)65-37(23-24-41(59)75)49(78)68-44(31(7)14-3)55(84)70-43(30(6)13-2)54(83)67-40(28-74)52(81)72-46-34(10)88-57(86)45(32(8)15-4)71-48(77)36(22-19-25-62-58(60)87)64-47(76)33(9)63-56(46)85/h16-18,20-21,29-34,36-40,42-46,61,73-74H,12-15,19,22-28H2,1-11H3,(H2,59,75)(H,63,85)(H,64,76)(H,65,80)(H,66,82)(H,67,83)(H,68,78)(H,69,79)(H,70,84)(H,71,77)(H,72,81)(H3,60,62,87)/t29-,30-,31-,32-,33-,34-,36-,37+,38+,39-,40-,42-,43-,44+,45-,46+/m0/s1. The van der Waals surface area contributed by atoms with Gasteiger partial charge in [0.1, 0.15) is 66.5 Å². The van der Waals surface area contributed by atoms with Gasteiger partial charge in [0.15, 0.2) is 0 Å². The average molecular weight is 1250 g/mol. The van der Waals surface area contributed by atoms with Crippen molar-refractivity contribution in [2.45, 2.75) is 200 Å². The molecule has 0 radical (unpaired) electrons. The molecular weight excluding hydrogens is 1150 g/mol. The van der Waals surface area contributed by atoms with Crippen molar-refractivity contribution in [3.05, 3.63) is 35.9 Å². The summed E-state index contributed by atoms with van der Waals surface area (Å²) in [7, 11) is 1.59. The summed E-state index contributed by atoms with van der Waals surface area (Å²) in [5.41, 5.74) is 11.4. The predicted molar refractivity (Wildman–Crippen MR) is 321 cm³/mol. The first kappa shape index (κ1) is 76.1. The Hall–Kier alpha value is -7.99. The van der Waals surface area contributed by atoms with Crippen molar-refractivity contribution in [2.24, 2.45) is 35.1 Å².